The lowest BCUT2D eigenvalue weighted by molar-refractivity contribution is -0.137. The van der Waals surface area contributed by atoms with E-state index in [1.807, 2.05) is 18.2 Å². The fraction of sp³-hybridized carbons (Fsp3) is 0.500. The van der Waals surface area contributed by atoms with Gasteiger partial charge in [0.15, 0.2) is 0 Å². The summed E-state index contributed by atoms with van der Waals surface area (Å²) in [5, 5.41) is 14.4. The van der Waals surface area contributed by atoms with Crippen molar-refractivity contribution in [2.75, 3.05) is 5.32 Å². The third-order valence-corrected chi connectivity index (χ3v) is 3.79. The maximum Gasteiger partial charge on any atom is 0.319 e. The summed E-state index contributed by atoms with van der Waals surface area (Å²) in [5.74, 6) is -0.599. The molecule has 1 aromatic carbocycles. The Morgan fingerprint density at radius 2 is 1.95 bits per heavy atom. The first-order chi connectivity index (χ1) is 10.1. The van der Waals surface area contributed by atoms with E-state index >= 15 is 0 Å². The molecule has 0 aliphatic carbocycles. The topological polar surface area (TPSA) is 78.4 Å². The third kappa shape index (κ3) is 6.05. The predicted octanol–water partition coefficient (Wildman–Crippen LogP) is 4.34. The Balaban J connectivity index is 2.75. The number of halogens is 1. The Hall–Kier alpha value is -1.56. The number of carbonyl (C=O) groups excluding carboxylic acids is 1. The third-order valence-electron chi connectivity index (χ3n) is 3.30. The zero-order chi connectivity index (χ0) is 16.9. The van der Waals surface area contributed by atoms with E-state index in [0.717, 1.165) is 15.7 Å². The lowest BCUT2D eigenvalue weighted by atomic mass is 9.98. The quantitative estimate of drug-likeness (QED) is 0.696. The van der Waals surface area contributed by atoms with Gasteiger partial charge >= 0.3 is 12.0 Å². The molecule has 5 nitrogen and oxygen atoms in total. The molecule has 0 radical (unpaired) electrons. The van der Waals surface area contributed by atoms with Crippen molar-refractivity contribution in [3.8, 4) is 0 Å². The standard InChI is InChI=1S/C16H23BrN2O3/c1-10(2)12-9-11(17)5-6-13(12)18-15(22)19-16(3,4)8-7-14(20)21/h5-6,9-10H,7-8H2,1-4H3,(H,20,21)(H2,18,19,22). The summed E-state index contributed by atoms with van der Waals surface area (Å²) in [7, 11) is 0. The van der Waals surface area contributed by atoms with E-state index in [2.05, 4.69) is 40.4 Å². The van der Waals surface area contributed by atoms with Gasteiger partial charge in [0, 0.05) is 22.1 Å². The van der Waals surface area contributed by atoms with Crippen LogP contribution in [0.2, 0.25) is 0 Å². The van der Waals surface area contributed by atoms with Gasteiger partial charge in [0.2, 0.25) is 0 Å². The molecular formula is C16H23BrN2O3. The van der Waals surface area contributed by atoms with Crippen LogP contribution < -0.4 is 10.6 Å². The van der Waals surface area contributed by atoms with Crippen LogP contribution in [0, 0.1) is 0 Å². The Labute approximate surface area is 139 Å². The summed E-state index contributed by atoms with van der Waals surface area (Å²) < 4.78 is 0.962. The van der Waals surface area contributed by atoms with Gasteiger partial charge < -0.3 is 15.7 Å². The molecule has 0 unspecified atom stereocenters. The van der Waals surface area contributed by atoms with Crippen molar-refractivity contribution in [2.45, 2.75) is 52.0 Å². The molecule has 0 spiro atoms. The number of carboxylic acids is 1. The van der Waals surface area contributed by atoms with Crippen LogP contribution in [0.4, 0.5) is 10.5 Å². The van der Waals surface area contributed by atoms with E-state index in [0.29, 0.717) is 6.42 Å². The summed E-state index contributed by atoms with van der Waals surface area (Å²) in [4.78, 5) is 22.8. The van der Waals surface area contributed by atoms with Gasteiger partial charge in [-0.2, -0.15) is 0 Å². The van der Waals surface area contributed by atoms with Crippen molar-refractivity contribution in [1.82, 2.24) is 5.32 Å². The number of carbonyl (C=O) groups is 2. The number of carboxylic acid groups (broad SMARTS) is 1. The smallest absolute Gasteiger partial charge is 0.319 e. The van der Waals surface area contributed by atoms with Crippen molar-refractivity contribution in [2.24, 2.45) is 0 Å². The fourth-order valence-corrected chi connectivity index (χ4v) is 2.45. The van der Waals surface area contributed by atoms with Crippen LogP contribution in [-0.2, 0) is 4.79 Å². The average molecular weight is 371 g/mol. The van der Waals surface area contributed by atoms with Crippen LogP contribution in [0.5, 0.6) is 0 Å². The largest absolute Gasteiger partial charge is 0.481 e. The Morgan fingerprint density at radius 3 is 2.50 bits per heavy atom. The van der Waals surface area contributed by atoms with Gasteiger partial charge in [0.05, 0.1) is 0 Å². The van der Waals surface area contributed by atoms with Crippen LogP contribution in [0.1, 0.15) is 52.0 Å². The number of rotatable bonds is 6. The lowest BCUT2D eigenvalue weighted by Crippen LogP contribution is -2.45. The maximum absolute atomic E-state index is 12.2. The lowest BCUT2D eigenvalue weighted by Gasteiger charge is -2.26. The van der Waals surface area contributed by atoms with Crippen LogP contribution in [0.15, 0.2) is 22.7 Å². The number of aliphatic carboxylic acids is 1. The minimum Gasteiger partial charge on any atom is -0.481 e. The minimum absolute atomic E-state index is 0.0167. The summed E-state index contributed by atoms with van der Waals surface area (Å²) in [6.07, 6.45) is 0.385. The van der Waals surface area contributed by atoms with Crippen LogP contribution in [-0.4, -0.2) is 22.6 Å². The van der Waals surface area contributed by atoms with Gasteiger partial charge in [-0.15, -0.1) is 0 Å². The highest BCUT2D eigenvalue weighted by molar-refractivity contribution is 9.10. The van der Waals surface area contributed by atoms with Crippen molar-refractivity contribution in [1.29, 1.82) is 0 Å². The number of anilines is 1. The van der Waals surface area contributed by atoms with Crippen molar-refractivity contribution >= 4 is 33.6 Å². The molecule has 1 rings (SSSR count). The second kappa shape index (κ2) is 7.63. The van der Waals surface area contributed by atoms with Crippen LogP contribution in [0.3, 0.4) is 0 Å². The SMILES string of the molecule is CC(C)c1cc(Br)ccc1NC(=O)NC(C)(C)CCC(=O)O. The maximum atomic E-state index is 12.2. The number of benzene rings is 1. The molecule has 2 amide bonds. The monoisotopic (exact) mass is 370 g/mol. The molecule has 0 heterocycles. The number of amides is 2. The van der Waals surface area contributed by atoms with Gasteiger partial charge in [0.25, 0.3) is 0 Å². The first-order valence-corrected chi connectivity index (χ1v) is 8.00. The first-order valence-electron chi connectivity index (χ1n) is 7.21. The van der Waals surface area contributed by atoms with E-state index in [9.17, 15) is 9.59 Å². The highest BCUT2D eigenvalue weighted by Gasteiger charge is 2.22. The molecule has 0 aliphatic rings. The van der Waals surface area contributed by atoms with Crippen molar-refractivity contribution in [3.05, 3.63) is 28.2 Å². The van der Waals surface area contributed by atoms with Crippen LogP contribution in [0.25, 0.3) is 0 Å². The molecule has 1 aromatic rings. The van der Waals surface area contributed by atoms with E-state index in [1.165, 1.54) is 0 Å². The van der Waals surface area contributed by atoms with Gasteiger partial charge in [-0.1, -0.05) is 29.8 Å². The molecule has 122 valence electrons. The first kappa shape index (κ1) is 18.5. The summed E-state index contributed by atoms with van der Waals surface area (Å²) >= 11 is 3.43. The van der Waals surface area contributed by atoms with E-state index < -0.39 is 11.5 Å². The minimum atomic E-state index is -0.870. The average Bonchev–Trinajstić information content (AvgIpc) is 2.38. The molecule has 22 heavy (non-hydrogen) atoms. The zero-order valence-electron chi connectivity index (χ0n) is 13.4. The van der Waals surface area contributed by atoms with Gasteiger partial charge in [-0.05, 0) is 49.9 Å². The summed E-state index contributed by atoms with van der Waals surface area (Å²) in [6.45, 7) is 7.73. The Kier molecular flexibility index (Phi) is 6.41. The van der Waals surface area contributed by atoms with E-state index in [4.69, 9.17) is 5.11 Å². The second-order valence-corrected chi connectivity index (χ2v) is 7.16. The normalized spacial score (nSPS) is 11.4. The highest BCUT2D eigenvalue weighted by atomic mass is 79.9. The Bertz CT molecular complexity index is 556. The van der Waals surface area contributed by atoms with Crippen LogP contribution >= 0.6 is 15.9 Å². The fourth-order valence-electron chi connectivity index (χ4n) is 2.07. The molecule has 0 saturated carbocycles. The second-order valence-electron chi connectivity index (χ2n) is 6.24. The number of hydrogen-bond acceptors (Lipinski definition) is 2. The summed E-state index contributed by atoms with van der Waals surface area (Å²) in [5.41, 5.74) is 1.20. The molecule has 0 saturated heterocycles. The van der Waals surface area contributed by atoms with Crippen molar-refractivity contribution < 1.29 is 14.7 Å². The molecule has 0 aromatic heterocycles. The number of hydrogen-bond donors (Lipinski definition) is 3. The van der Waals surface area contributed by atoms with Gasteiger partial charge in [-0.3, -0.25) is 4.79 Å². The molecular weight excluding hydrogens is 348 g/mol. The zero-order valence-corrected chi connectivity index (χ0v) is 15.0. The highest BCUT2D eigenvalue weighted by Crippen LogP contribution is 2.27. The van der Waals surface area contributed by atoms with Gasteiger partial charge in [-0.25, -0.2) is 4.79 Å². The van der Waals surface area contributed by atoms with E-state index in [1.54, 1.807) is 13.8 Å². The number of urea groups is 1. The Morgan fingerprint density at radius 1 is 1.32 bits per heavy atom. The molecule has 0 fully saturated rings. The van der Waals surface area contributed by atoms with Gasteiger partial charge in [0.1, 0.15) is 0 Å². The molecule has 0 aliphatic heterocycles. The summed E-state index contributed by atoms with van der Waals surface area (Å²) in [6, 6.07) is 5.37. The van der Waals surface area contributed by atoms with Crippen molar-refractivity contribution in [3.63, 3.8) is 0 Å². The van der Waals surface area contributed by atoms with E-state index in [-0.39, 0.29) is 18.4 Å². The molecule has 0 bridgehead atoms. The molecule has 0 atom stereocenters. The number of nitrogens with one attached hydrogen (secondary N) is 2. The molecule has 6 heteroatoms. The molecule has 3 N–H and O–H groups in total. The predicted molar refractivity (Wildman–Crippen MR) is 91.3 cm³/mol.